The van der Waals surface area contributed by atoms with Crippen LogP contribution in [-0.2, 0) is 4.79 Å². The van der Waals surface area contributed by atoms with Gasteiger partial charge in [0.15, 0.2) is 0 Å². The molecule has 3 heterocycles. The lowest BCUT2D eigenvalue weighted by Crippen LogP contribution is -2.32. The van der Waals surface area contributed by atoms with E-state index in [0.717, 1.165) is 40.1 Å². The van der Waals surface area contributed by atoms with Gasteiger partial charge in [0, 0.05) is 42.7 Å². The number of thioether (sulfide) groups is 1. The normalized spacial score (nSPS) is 21.5. The van der Waals surface area contributed by atoms with Crippen LogP contribution in [0.1, 0.15) is 29.7 Å². The lowest BCUT2D eigenvalue weighted by molar-refractivity contribution is -0.117. The highest BCUT2D eigenvalue weighted by atomic mass is 32.2. The molecule has 0 unspecified atom stereocenters. The Morgan fingerprint density at radius 3 is 3.00 bits per heavy atom. The van der Waals surface area contributed by atoms with E-state index >= 15 is 0 Å². The SMILES string of the molecule is O=C(N[C@@H]1C[C@H](O)c2ccccc21)C1=CN(c2ccnc3[nH]ccc23)CCS1. The second-order valence-corrected chi connectivity index (χ2v) is 8.15. The van der Waals surface area contributed by atoms with Crippen molar-refractivity contribution in [1.82, 2.24) is 15.3 Å². The molecule has 3 N–H and O–H groups in total. The number of aliphatic hydroxyl groups excluding tert-OH is 1. The number of carbonyl (C=O) groups excluding carboxylic acids is 1. The highest BCUT2D eigenvalue weighted by Gasteiger charge is 2.31. The van der Waals surface area contributed by atoms with Gasteiger partial charge in [-0.1, -0.05) is 24.3 Å². The molecule has 6 nitrogen and oxygen atoms in total. The zero-order chi connectivity index (χ0) is 19.1. The number of benzene rings is 1. The van der Waals surface area contributed by atoms with E-state index in [1.165, 1.54) is 0 Å². The molecule has 1 aliphatic carbocycles. The molecule has 0 saturated heterocycles. The van der Waals surface area contributed by atoms with Crippen LogP contribution in [-0.4, -0.2) is 33.3 Å². The summed E-state index contributed by atoms with van der Waals surface area (Å²) in [5.41, 5.74) is 3.79. The van der Waals surface area contributed by atoms with Crippen molar-refractivity contribution in [2.75, 3.05) is 17.2 Å². The summed E-state index contributed by atoms with van der Waals surface area (Å²) in [6.07, 6.45) is 5.56. The third-order valence-electron chi connectivity index (χ3n) is 5.33. The molecule has 1 aromatic carbocycles. The lowest BCUT2D eigenvalue weighted by atomic mass is 10.1. The van der Waals surface area contributed by atoms with E-state index < -0.39 is 6.10 Å². The Balaban J connectivity index is 1.39. The molecule has 3 aromatic rings. The van der Waals surface area contributed by atoms with Crippen molar-refractivity contribution >= 4 is 34.4 Å². The van der Waals surface area contributed by atoms with Gasteiger partial charge in [0.2, 0.25) is 0 Å². The third-order valence-corrected chi connectivity index (χ3v) is 6.32. The van der Waals surface area contributed by atoms with E-state index in [0.29, 0.717) is 11.3 Å². The molecule has 7 heteroatoms. The van der Waals surface area contributed by atoms with Gasteiger partial charge < -0.3 is 20.3 Å². The number of pyridine rings is 1. The average molecular weight is 392 g/mol. The van der Waals surface area contributed by atoms with Crippen molar-refractivity contribution in [3.8, 4) is 0 Å². The molecule has 5 rings (SSSR count). The Hall–Kier alpha value is -2.77. The number of rotatable bonds is 3. The van der Waals surface area contributed by atoms with E-state index in [9.17, 15) is 9.90 Å². The lowest BCUT2D eigenvalue weighted by Gasteiger charge is -2.27. The number of fused-ring (bicyclic) bond motifs is 2. The Labute approximate surface area is 166 Å². The van der Waals surface area contributed by atoms with Crippen LogP contribution in [0.15, 0.2) is 59.9 Å². The first kappa shape index (κ1) is 17.3. The van der Waals surface area contributed by atoms with E-state index in [2.05, 4.69) is 20.2 Å². The first-order valence-electron chi connectivity index (χ1n) is 9.32. The predicted octanol–water partition coefficient (Wildman–Crippen LogP) is 3.25. The molecule has 2 aromatic heterocycles. The van der Waals surface area contributed by atoms with Gasteiger partial charge in [-0.3, -0.25) is 4.79 Å². The van der Waals surface area contributed by atoms with Crippen LogP contribution >= 0.6 is 11.8 Å². The molecule has 2 atom stereocenters. The molecule has 0 spiro atoms. The molecular formula is C21H20N4O2S. The average Bonchev–Trinajstić information content (AvgIpc) is 3.33. The van der Waals surface area contributed by atoms with Crippen molar-refractivity contribution < 1.29 is 9.90 Å². The van der Waals surface area contributed by atoms with Crippen LogP contribution in [0.3, 0.4) is 0 Å². The van der Waals surface area contributed by atoms with Gasteiger partial charge in [0.1, 0.15) is 5.65 Å². The van der Waals surface area contributed by atoms with Crippen LogP contribution in [0.5, 0.6) is 0 Å². The number of H-pyrrole nitrogens is 1. The Morgan fingerprint density at radius 2 is 2.11 bits per heavy atom. The fourth-order valence-electron chi connectivity index (χ4n) is 3.98. The fourth-order valence-corrected chi connectivity index (χ4v) is 4.88. The number of nitrogens with zero attached hydrogens (tertiary/aromatic N) is 2. The number of nitrogens with one attached hydrogen (secondary N) is 2. The van der Waals surface area contributed by atoms with Gasteiger partial charge in [0.25, 0.3) is 5.91 Å². The van der Waals surface area contributed by atoms with Crippen LogP contribution in [0.4, 0.5) is 5.69 Å². The first-order chi connectivity index (χ1) is 13.7. The fraction of sp³-hybridized carbons (Fsp3) is 0.238. The molecule has 142 valence electrons. The summed E-state index contributed by atoms with van der Waals surface area (Å²) in [4.78, 5) is 23.2. The molecule has 1 amide bonds. The van der Waals surface area contributed by atoms with Crippen LogP contribution in [0.25, 0.3) is 11.0 Å². The number of anilines is 1. The van der Waals surface area contributed by atoms with Crippen molar-refractivity contribution in [1.29, 1.82) is 0 Å². The molecule has 0 radical (unpaired) electrons. The third kappa shape index (κ3) is 2.96. The number of aliphatic hydroxyl groups is 1. The maximum atomic E-state index is 12.9. The molecule has 0 bridgehead atoms. The second-order valence-electron chi connectivity index (χ2n) is 7.01. The number of aromatic nitrogens is 2. The summed E-state index contributed by atoms with van der Waals surface area (Å²) < 4.78 is 0. The summed E-state index contributed by atoms with van der Waals surface area (Å²) in [5.74, 6) is 0.736. The van der Waals surface area contributed by atoms with Crippen LogP contribution < -0.4 is 10.2 Å². The van der Waals surface area contributed by atoms with Gasteiger partial charge in [-0.05, 0) is 23.3 Å². The Morgan fingerprint density at radius 1 is 1.25 bits per heavy atom. The minimum absolute atomic E-state index is 0.0945. The molecule has 0 fully saturated rings. The van der Waals surface area contributed by atoms with Gasteiger partial charge in [-0.25, -0.2) is 4.98 Å². The molecule has 1 aliphatic heterocycles. The predicted molar refractivity (Wildman–Crippen MR) is 111 cm³/mol. The van der Waals surface area contributed by atoms with Crippen molar-refractivity contribution in [2.24, 2.45) is 0 Å². The number of carbonyl (C=O) groups is 1. The van der Waals surface area contributed by atoms with Crippen molar-refractivity contribution in [3.05, 3.63) is 71.0 Å². The maximum Gasteiger partial charge on any atom is 0.259 e. The molecule has 0 saturated carbocycles. The number of hydrogen-bond donors (Lipinski definition) is 3. The van der Waals surface area contributed by atoms with Gasteiger partial charge in [-0.2, -0.15) is 0 Å². The topological polar surface area (TPSA) is 81.2 Å². The van der Waals surface area contributed by atoms with E-state index in [-0.39, 0.29) is 11.9 Å². The summed E-state index contributed by atoms with van der Waals surface area (Å²) in [5, 5.41) is 14.4. The summed E-state index contributed by atoms with van der Waals surface area (Å²) in [6, 6.07) is 11.6. The number of hydrogen-bond acceptors (Lipinski definition) is 5. The van der Waals surface area contributed by atoms with Crippen molar-refractivity contribution in [2.45, 2.75) is 18.6 Å². The zero-order valence-corrected chi connectivity index (χ0v) is 15.9. The minimum atomic E-state index is -0.523. The first-order valence-corrected chi connectivity index (χ1v) is 10.3. The van der Waals surface area contributed by atoms with Crippen LogP contribution in [0, 0.1) is 0 Å². The maximum absolute atomic E-state index is 12.9. The number of amides is 1. The largest absolute Gasteiger partial charge is 0.388 e. The van der Waals surface area contributed by atoms with E-state index in [1.54, 1.807) is 18.0 Å². The summed E-state index contributed by atoms with van der Waals surface area (Å²) in [7, 11) is 0. The van der Waals surface area contributed by atoms with E-state index in [4.69, 9.17) is 0 Å². The van der Waals surface area contributed by atoms with E-state index in [1.807, 2.05) is 48.8 Å². The minimum Gasteiger partial charge on any atom is -0.388 e. The number of aromatic amines is 1. The summed E-state index contributed by atoms with van der Waals surface area (Å²) in [6.45, 7) is 0.830. The highest BCUT2D eigenvalue weighted by Crippen LogP contribution is 2.39. The second kappa shape index (κ2) is 7.00. The standard InChI is InChI=1S/C21H20N4O2S/c26-18-11-16(13-3-1-2-4-14(13)18)24-21(27)19-12-25(9-10-28-19)17-6-8-23-20-15(17)5-7-22-20/h1-8,12,16,18,26H,9-11H2,(H,22,23)(H,24,27)/t16-,18+/m1/s1. The van der Waals surface area contributed by atoms with Gasteiger partial charge in [-0.15, -0.1) is 11.8 Å². The quantitative estimate of drug-likeness (QED) is 0.638. The summed E-state index contributed by atoms with van der Waals surface area (Å²) >= 11 is 1.56. The zero-order valence-electron chi connectivity index (χ0n) is 15.1. The molecule has 28 heavy (non-hydrogen) atoms. The molecular weight excluding hydrogens is 372 g/mol. The molecule has 2 aliphatic rings. The smallest absolute Gasteiger partial charge is 0.259 e. The van der Waals surface area contributed by atoms with Crippen molar-refractivity contribution in [3.63, 3.8) is 0 Å². The van der Waals surface area contributed by atoms with Gasteiger partial charge >= 0.3 is 0 Å². The highest BCUT2D eigenvalue weighted by molar-refractivity contribution is 8.04. The Kier molecular flexibility index (Phi) is 4.33. The monoisotopic (exact) mass is 392 g/mol. The van der Waals surface area contributed by atoms with Gasteiger partial charge in [0.05, 0.1) is 22.7 Å². The Bertz CT molecular complexity index is 1080. The van der Waals surface area contributed by atoms with Crippen LogP contribution in [0.2, 0.25) is 0 Å².